The van der Waals surface area contributed by atoms with Crippen LogP contribution in [0.1, 0.15) is 345 Å². The Morgan fingerprint density at radius 2 is 0.726 bits per heavy atom. The number of hydrogen-bond acceptors (Lipinski definition) is 19. The van der Waals surface area contributed by atoms with E-state index in [2.05, 4.69) is 162 Å². The summed E-state index contributed by atoms with van der Waals surface area (Å²) in [6, 6.07) is 31.0. The van der Waals surface area contributed by atoms with Gasteiger partial charge < -0.3 is 46.6 Å². The number of ketones is 6. The van der Waals surface area contributed by atoms with Gasteiger partial charge in [0.1, 0.15) is 11.4 Å². The van der Waals surface area contributed by atoms with Crippen molar-refractivity contribution in [3.63, 3.8) is 0 Å². The summed E-state index contributed by atoms with van der Waals surface area (Å²) in [5, 5.41) is 19.0. The first-order valence-corrected chi connectivity index (χ1v) is 46.6. The summed E-state index contributed by atoms with van der Waals surface area (Å²) >= 11 is 0. The van der Waals surface area contributed by atoms with Gasteiger partial charge in [-0.2, -0.15) is 19.2 Å². The maximum atomic E-state index is 12.7. The fraction of sp³-hybridized carbons (Fsp3) is 0.385. The molecule has 0 saturated carbocycles. The Kier molecular flexibility index (Phi) is 41.2. The first-order chi connectivity index (χ1) is 65.0. The van der Waals surface area contributed by atoms with E-state index in [4.69, 9.17) is 37.1 Å². The quantitative estimate of drug-likeness (QED) is 0.0140. The number of primary amides is 2. The van der Waals surface area contributed by atoms with Gasteiger partial charge in [-0.1, -0.05) is 155 Å². The maximum absolute atomic E-state index is 12.7. The predicted octanol–water partition coefficient (Wildman–Crippen LogP) is 18.6. The van der Waals surface area contributed by atoms with E-state index in [1.54, 1.807) is 18.6 Å². The Labute approximate surface area is 789 Å². The predicted molar refractivity (Wildman–Crippen MR) is 520 cm³/mol. The number of aryl methyl sites for hydroxylation is 7. The smallest absolute Gasteiger partial charge is 0.373 e. The number of aliphatic hydroxyl groups excluding tert-OH is 2. The van der Waals surface area contributed by atoms with Crippen LogP contribution in [0.15, 0.2) is 152 Å². The highest BCUT2D eigenvalue weighted by molar-refractivity contribution is 5.99. The first-order valence-electron chi connectivity index (χ1n) is 46.6. The summed E-state index contributed by atoms with van der Waals surface area (Å²) < 4.78 is 0. The summed E-state index contributed by atoms with van der Waals surface area (Å²) in [7, 11) is 0. The van der Waals surface area contributed by atoms with Gasteiger partial charge in [-0.25, -0.2) is 24.9 Å². The van der Waals surface area contributed by atoms with Gasteiger partial charge in [-0.3, -0.25) is 38.4 Å². The maximum Gasteiger partial charge on any atom is 0.373 e. The second-order valence-corrected chi connectivity index (χ2v) is 35.5. The lowest BCUT2D eigenvalue weighted by atomic mass is 9.76. The van der Waals surface area contributed by atoms with Crippen molar-refractivity contribution in [3.05, 3.63) is 293 Å². The molecule has 0 atom stereocenters. The lowest BCUT2D eigenvalue weighted by molar-refractivity contribution is -0.193. The van der Waals surface area contributed by atoms with Gasteiger partial charge in [0.25, 0.3) is 0 Å². The van der Waals surface area contributed by atoms with Crippen LogP contribution in [0.4, 0.5) is 0 Å². The molecular weight excluding hydrogens is 1700 g/mol. The van der Waals surface area contributed by atoms with E-state index < -0.39 is 0 Å². The van der Waals surface area contributed by atoms with Crippen molar-refractivity contribution < 1.29 is 67.7 Å². The third kappa shape index (κ3) is 32.2. The van der Waals surface area contributed by atoms with Gasteiger partial charge in [0.15, 0.2) is 34.9 Å². The van der Waals surface area contributed by atoms with Crippen LogP contribution in [0.2, 0.25) is 0 Å². The average molecular weight is 1830 g/mol. The van der Waals surface area contributed by atoms with E-state index >= 15 is 0 Å². The number of nitrogens with zero attached hydrogens (tertiary/aromatic N) is 5. The van der Waals surface area contributed by atoms with E-state index in [-0.39, 0.29) is 102 Å². The molecule has 0 fully saturated rings. The molecule has 0 radical (unpaired) electrons. The van der Waals surface area contributed by atoms with Crippen molar-refractivity contribution in [2.24, 2.45) is 16.9 Å². The minimum absolute atomic E-state index is 0.0176. The number of nitrogens with two attached hydrogens (primary N) is 2. The number of hydrogen-bond donors (Lipinski definition) is 9. The molecule has 135 heavy (non-hydrogen) atoms. The van der Waals surface area contributed by atoms with Gasteiger partial charge in [0, 0.05) is 93.5 Å². The molecule has 15 rings (SSSR count). The number of nitrogens with one attached hydrogen (secondary N) is 5. The molecule has 0 spiro atoms. The van der Waals surface area contributed by atoms with Crippen LogP contribution >= 0.6 is 0 Å². The van der Waals surface area contributed by atoms with Crippen molar-refractivity contribution >= 4 is 86.7 Å². The molecule has 2 amide bonds. The van der Waals surface area contributed by atoms with E-state index in [0.717, 1.165) is 175 Å². The number of amides is 2. The standard InChI is InChI=1S/C23H29N3O2.C22H23N3O2.C21H26N2O3.C21H24N2O2.C20H24N2O.2CO2/c1-15-14-25-22(26-15)20(27)13-18-6-4-16(5-7-21(24)28)12-19(18)17-8-10-23(2,3)11-9-17;1-2-18-14-24-22(25-18)20(26)13-17-10-8-15(9-11-21(23)27)12-19(17)16-6-4-3-5-7-16;1-14-11-22-21(23-14)20(26)10-17-8-7-16(18(12-24)13-25)9-19(17)15-5-3-2-4-6-15;1-3-15-9-10-17(18(11-15)16-7-5-4-6-8-16)12-20(25)21-22-13-19(23-21)14(2)24;1-3-15-9-10-17(12-19(23)20-21-13-14(2)22-20)18(11-15)16-7-5-4-6-8-16;2*2-1-3/h4,6,8,12,14H,5,7,9-11,13H2,1-3H3,(H2,24,28)(H,25,26);1,6,8,10,12,14H,3-5,7,9,11,13H2,(H2,23,27)(H,24,25);5,7-9,11,18,24-25H,2-4,6,10,12-13H2,1H3,(H,22,23);7,9-11,13H,3-6,8,12H2,1-2H3,(H,22,23);7,9-11,13H,3-6,8,12H2,1-2H3,(H,21,22);;. The summed E-state index contributed by atoms with van der Waals surface area (Å²) in [6.45, 7) is 15.8. The molecule has 0 bridgehead atoms. The molecule has 0 saturated heterocycles. The highest BCUT2D eigenvalue weighted by atomic mass is 16.3. The minimum Gasteiger partial charge on any atom is -0.396 e. The Morgan fingerprint density at radius 1 is 0.415 bits per heavy atom. The fourth-order valence-corrected chi connectivity index (χ4v) is 16.9. The summed E-state index contributed by atoms with van der Waals surface area (Å²) in [6.07, 6.45) is 52.0. The topological polar surface area (TPSA) is 441 Å². The second-order valence-electron chi connectivity index (χ2n) is 35.5. The third-order valence-corrected chi connectivity index (χ3v) is 24.6. The highest BCUT2D eigenvalue weighted by Crippen LogP contribution is 2.41. The van der Waals surface area contributed by atoms with Crippen molar-refractivity contribution in [3.8, 4) is 12.3 Å². The normalized spacial score (nSPS) is 14.1. The minimum atomic E-state index is -0.310. The summed E-state index contributed by atoms with van der Waals surface area (Å²) in [5.74, 6) is 3.03. The number of aromatic nitrogens is 10. The zero-order valence-electron chi connectivity index (χ0n) is 78.9. The van der Waals surface area contributed by atoms with E-state index in [0.29, 0.717) is 79.2 Å². The molecule has 26 nitrogen and oxygen atoms in total. The largest absolute Gasteiger partial charge is 0.396 e. The number of carbonyl (C=O) groups excluding carboxylic acids is 12. The molecule has 0 aliphatic heterocycles. The Bertz CT molecular complexity index is 6090. The fourth-order valence-electron chi connectivity index (χ4n) is 16.9. The van der Waals surface area contributed by atoms with E-state index in [1.807, 2.05) is 63.2 Å². The van der Waals surface area contributed by atoms with Gasteiger partial charge in [0.05, 0.1) is 25.6 Å². The number of terminal acetylenes is 1. The summed E-state index contributed by atoms with van der Waals surface area (Å²) in [5.41, 5.74) is 37.5. The molecule has 11 N–H and O–H groups in total. The van der Waals surface area contributed by atoms with Crippen LogP contribution in [-0.2, 0) is 86.6 Å². The van der Waals surface area contributed by atoms with Gasteiger partial charge in [-0.15, -0.1) is 6.42 Å². The second kappa shape index (κ2) is 53.1. The highest BCUT2D eigenvalue weighted by Gasteiger charge is 2.27. The van der Waals surface area contributed by atoms with Crippen LogP contribution in [-0.4, -0.2) is 132 Å². The number of Topliss-reactive ketones (excluding diaryl/α,β-unsaturated/α-hetero) is 6. The molecule has 5 heterocycles. The molecule has 5 aromatic carbocycles. The van der Waals surface area contributed by atoms with E-state index in [1.165, 1.54) is 108 Å². The molecular formula is C109H126N12O14. The number of H-pyrrole nitrogens is 5. The number of aromatic amines is 5. The molecule has 5 aliphatic rings. The number of benzene rings is 5. The van der Waals surface area contributed by atoms with Crippen molar-refractivity contribution in [1.82, 2.24) is 49.8 Å². The van der Waals surface area contributed by atoms with Crippen LogP contribution < -0.4 is 11.5 Å². The summed E-state index contributed by atoms with van der Waals surface area (Å²) in [4.78, 5) is 165. The Morgan fingerprint density at radius 3 is 1.01 bits per heavy atom. The average Bonchev–Trinajstić information content (AvgIpc) is 1.82. The molecule has 10 aromatic rings. The number of aliphatic hydroxyl groups is 2. The van der Waals surface area contributed by atoms with Gasteiger partial charge >= 0.3 is 12.3 Å². The molecule has 26 heteroatoms. The monoisotopic (exact) mass is 1830 g/mol. The molecule has 0 unspecified atom stereocenters. The van der Waals surface area contributed by atoms with Gasteiger partial charge in [-0.05, 0) is 285 Å². The molecule has 706 valence electrons. The number of imidazole rings is 5. The van der Waals surface area contributed by atoms with Crippen molar-refractivity contribution in [2.75, 3.05) is 13.2 Å². The van der Waals surface area contributed by atoms with Crippen LogP contribution in [0.3, 0.4) is 0 Å². The lowest BCUT2D eigenvalue weighted by Crippen LogP contribution is -2.15. The van der Waals surface area contributed by atoms with Gasteiger partial charge in [0.2, 0.25) is 40.7 Å². The van der Waals surface area contributed by atoms with Crippen molar-refractivity contribution in [1.29, 1.82) is 0 Å². The number of rotatable bonds is 32. The lowest BCUT2D eigenvalue weighted by Gasteiger charge is -2.29. The molecule has 5 aliphatic carbocycles. The Balaban J connectivity index is 0.000000187. The van der Waals surface area contributed by atoms with Crippen molar-refractivity contribution in [2.45, 2.75) is 254 Å². The van der Waals surface area contributed by atoms with Crippen LogP contribution in [0, 0.1) is 38.5 Å². The zero-order chi connectivity index (χ0) is 97.5. The van der Waals surface area contributed by atoms with Crippen LogP contribution in [0.25, 0.3) is 27.9 Å². The first kappa shape index (κ1) is 105. The third-order valence-electron chi connectivity index (χ3n) is 24.6. The zero-order valence-corrected chi connectivity index (χ0v) is 78.9. The molecule has 5 aromatic heterocycles. The number of carbonyl (C=O) groups is 8. The van der Waals surface area contributed by atoms with E-state index in [9.17, 15) is 48.6 Å². The SMILES string of the molecule is C#Cc1cnc(C(=O)Cc2ccc(CCC(N)=O)cc2C2=CCCCC2)[nH]1.CCc1ccc(CC(=O)c2ncc(C(C)=O)[nH]2)c(C2=CCCCC2)c1.CCc1ccc(CC(=O)c2ncc(C)[nH]2)c(C2=CCCCC2)c1.Cc1cnc(C(=O)Cc2ccc(C(CO)CO)cc2C2=CCCCC2)[nH]1.Cc1cnc(C(=O)Cc2ccc(CCC(N)=O)cc2C2=CCC(C)(C)CC2)[nH]1.O=C=O.O=C=O. The van der Waals surface area contributed by atoms with Crippen LogP contribution in [0.5, 0.6) is 0 Å². The number of allylic oxidation sites excluding steroid dienone is 10. The Hall–Kier alpha value is -14.0.